The second kappa shape index (κ2) is 30.1. The van der Waals surface area contributed by atoms with E-state index in [0.717, 1.165) is 4.90 Å². The lowest BCUT2D eigenvalue weighted by molar-refractivity contribution is -0.311. The summed E-state index contributed by atoms with van der Waals surface area (Å²) in [6, 6.07) is 7.69. The first kappa shape index (κ1) is 62.1. The van der Waals surface area contributed by atoms with E-state index in [0.29, 0.717) is 36.2 Å². The van der Waals surface area contributed by atoms with Gasteiger partial charge in [-0.15, -0.1) is 0 Å². The first-order chi connectivity index (χ1) is 32.2. The molecule has 5 rings (SSSR count). The molecule has 4 heterocycles. The molecular weight excluding hydrogens is 915 g/mol. The van der Waals surface area contributed by atoms with Crippen molar-refractivity contribution in [2.45, 2.75) is 160 Å². The van der Waals surface area contributed by atoms with E-state index in [9.17, 15) is 55.2 Å². The van der Waals surface area contributed by atoms with Gasteiger partial charge in [0.15, 0.2) is 18.9 Å². The molecule has 69 heavy (non-hydrogen) atoms. The van der Waals surface area contributed by atoms with Crippen molar-refractivity contribution in [3.05, 3.63) is 35.9 Å². The second-order valence-electron chi connectivity index (χ2n) is 17.7. The van der Waals surface area contributed by atoms with Gasteiger partial charge in [-0.25, -0.2) is 4.79 Å². The van der Waals surface area contributed by atoms with Crippen LogP contribution in [-0.2, 0) is 52.2 Å². The van der Waals surface area contributed by atoms with E-state index in [1.165, 1.54) is 28.1 Å². The van der Waals surface area contributed by atoms with Gasteiger partial charge < -0.3 is 93.5 Å². The highest BCUT2D eigenvalue weighted by molar-refractivity contribution is 5.89. The smallest absolute Gasteiger partial charge is 0.338 e. The summed E-state index contributed by atoms with van der Waals surface area (Å²) in [5.74, 6) is -1.36. The Morgan fingerprint density at radius 1 is 0.594 bits per heavy atom. The molecule has 4 fully saturated rings. The van der Waals surface area contributed by atoms with Gasteiger partial charge in [-0.1, -0.05) is 60.2 Å². The summed E-state index contributed by atoms with van der Waals surface area (Å²) in [6.45, 7) is 9.61. The Morgan fingerprint density at radius 2 is 1.09 bits per heavy atom. The minimum atomic E-state index is -1.62. The van der Waals surface area contributed by atoms with Gasteiger partial charge in [0, 0.05) is 51.9 Å². The highest BCUT2D eigenvalue weighted by Gasteiger charge is 2.54. The second-order valence-corrected chi connectivity index (χ2v) is 17.7. The number of rotatable bonds is 16. The Bertz CT molecular complexity index is 1610. The van der Waals surface area contributed by atoms with Crippen LogP contribution in [0.1, 0.15) is 78.6 Å². The van der Waals surface area contributed by atoms with E-state index < -0.39 is 105 Å². The number of aliphatic hydroxyl groups excluding tert-OH is 9. The number of ether oxygens (including phenoxy) is 9. The highest BCUT2D eigenvalue weighted by Crippen LogP contribution is 2.36. The largest absolute Gasteiger partial charge is 0.469 e. The van der Waals surface area contributed by atoms with Gasteiger partial charge in [0.2, 0.25) is 5.91 Å². The predicted molar refractivity (Wildman–Crippen MR) is 243 cm³/mol. The molecule has 0 aliphatic carbocycles. The summed E-state index contributed by atoms with van der Waals surface area (Å²) in [6.07, 6.45) is -13.5. The number of esters is 2. The Morgan fingerprint density at radius 3 is 1.61 bits per heavy atom. The molecule has 0 aromatic heterocycles. The Hall–Kier alpha value is -3.01. The van der Waals surface area contributed by atoms with Crippen molar-refractivity contribution < 1.29 is 103 Å². The molecule has 0 bridgehead atoms. The van der Waals surface area contributed by atoms with E-state index in [1.54, 1.807) is 26.2 Å². The third kappa shape index (κ3) is 16.2. The van der Waals surface area contributed by atoms with Crippen LogP contribution in [-0.4, -0.2) is 215 Å². The Kier molecular flexibility index (Phi) is 27.1. The molecule has 4 aliphatic heterocycles. The van der Waals surface area contributed by atoms with Gasteiger partial charge >= 0.3 is 11.9 Å². The highest BCUT2D eigenvalue weighted by atomic mass is 16.7. The number of methoxy groups -OCH3 is 3. The van der Waals surface area contributed by atoms with Crippen LogP contribution in [0.15, 0.2) is 30.3 Å². The third-order valence-electron chi connectivity index (χ3n) is 13.3. The van der Waals surface area contributed by atoms with Gasteiger partial charge in [0.25, 0.3) is 0 Å². The van der Waals surface area contributed by atoms with Crippen molar-refractivity contribution in [2.75, 3.05) is 54.4 Å². The summed E-state index contributed by atoms with van der Waals surface area (Å²) in [5, 5.41) is 88.9. The van der Waals surface area contributed by atoms with E-state index in [2.05, 4.69) is 25.5 Å². The molecule has 0 radical (unpaired) electrons. The molecule has 0 saturated carbocycles. The molecule has 1 aromatic carbocycles. The monoisotopic (exact) mass is 996 g/mol. The third-order valence-corrected chi connectivity index (χ3v) is 13.3. The minimum Gasteiger partial charge on any atom is -0.469 e. The van der Waals surface area contributed by atoms with Crippen molar-refractivity contribution in [1.29, 1.82) is 0 Å². The number of benzene rings is 1. The fourth-order valence-electron chi connectivity index (χ4n) is 8.54. The minimum absolute atomic E-state index is 0. The fourth-order valence-corrected chi connectivity index (χ4v) is 8.54. The lowest BCUT2D eigenvalue weighted by Gasteiger charge is -2.52. The van der Waals surface area contributed by atoms with Crippen LogP contribution < -0.4 is 0 Å². The Labute approximate surface area is 405 Å². The zero-order valence-electron chi connectivity index (χ0n) is 40.5. The number of nitrogens with zero attached hydrogens (tertiary/aromatic N) is 1. The number of unbranched alkanes of at least 4 members (excludes halogenated alkanes) is 1. The normalized spacial score (nSPS) is 37.6. The number of hydrogen-bond acceptors (Lipinski definition) is 21. The molecule has 4 aliphatic rings. The van der Waals surface area contributed by atoms with Crippen LogP contribution >= 0.6 is 0 Å². The van der Waals surface area contributed by atoms with Crippen LogP contribution in [0.3, 0.4) is 0 Å². The van der Waals surface area contributed by atoms with Crippen molar-refractivity contribution in [3.8, 4) is 0 Å². The molecule has 400 valence electrons. The zero-order valence-corrected chi connectivity index (χ0v) is 40.5. The van der Waals surface area contributed by atoms with Crippen LogP contribution in [0.5, 0.6) is 0 Å². The van der Waals surface area contributed by atoms with Gasteiger partial charge in [0.05, 0.1) is 50.8 Å². The van der Waals surface area contributed by atoms with Crippen LogP contribution in [0, 0.1) is 29.6 Å². The lowest BCUT2D eigenvalue weighted by Crippen LogP contribution is -2.70. The Balaban J connectivity index is 0.000000394. The molecule has 1 aromatic rings. The SMILES string of the molecule is C.COC(=O)CCCCOC1OC(CO)C(O)C(O)C1N(C(C)=O)C1OC(CO)C(O)C(O)C1C.COC1OC(CO)C(O)C(O)C1C.COC1OC(COC(=O)c2ccccc2)C(C)C(C)C1C. The maximum atomic E-state index is 12.7. The average molecular weight is 996 g/mol. The molecule has 9 N–H and O–H groups in total. The molecular formula is C47H81NO21. The lowest BCUT2D eigenvalue weighted by atomic mass is 9.79. The summed E-state index contributed by atoms with van der Waals surface area (Å²) in [7, 11) is 4.39. The number of hydrogen-bond donors (Lipinski definition) is 9. The molecule has 4 saturated heterocycles. The van der Waals surface area contributed by atoms with Gasteiger partial charge in [-0.3, -0.25) is 9.59 Å². The molecule has 0 spiro atoms. The zero-order chi connectivity index (χ0) is 51.0. The van der Waals surface area contributed by atoms with E-state index >= 15 is 0 Å². The maximum Gasteiger partial charge on any atom is 0.338 e. The summed E-state index contributed by atoms with van der Waals surface area (Å²) in [5.41, 5.74) is 0.561. The predicted octanol–water partition coefficient (Wildman–Crippen LogP) is -0.455. The van der Waals surface area contributed by atoms with Crippen molar-refractivity contribution in [3.63, 3.8) is 0 Å². The summed E-state index contributed by atoms with van der Waals surface area (Å²) in [4.78, 5) is 37.0. The molecule has 1 amide bonds. The molecule has 20 unspecified atom stereocenters. The number of carbonyl (C=O) groups is 3. The van der Waals surface area contributed by atoms with Gasteiger partial charge in [0.1, 0.15) is 61.6 Å². The van der Waals surface area contributed by atoms with Gasteiger partial charge in [-0.2, -0.15) is 0 Å². The van der Waals surface area contributed by atoms with Crippen molar-refractivity contribution >= 4 is 17.8 Å². The van der Waals surface area contributed by atoms with E-state index in [4.69, 9.17) is 43.0 Å². The van der Waals surface area contributed by atoms with Crippen LogP contribution in [0.2, 0.25) is 0 Å². The summed E-state index contributed by atoms with van der Waals surface area (Å²) < 4.78 is 48.5. The van der Waals surface area contributed by atoms with Crippen LogP contribution in [0.4, 0.5) is 0 Å². The van der Waals surface area contributed by atoms with Gasteiger partial charge in [-0.05, 0) is 36.8 Å². The topological polar surface area (TPSA) is 320 Å². The van der Waals surface area contributed by atoms with Crippen molar-refractivity contribution in [2.24, 2.45) is 29.6 Å². The quantitative estimate of drug-likeness (QED) is 0.0748. The number of aliphatic hydroxyl groups is 9. The number of amides is 1. The van der Waals surface area contributed by atoms with Crippen LogP contribution in [0.25, 0.3) is 0 Å². The number of carbonyl (C=O) groups excluding carboxylic acids is 3. The first-order valence-electron chi connectivity index (χ1n) is 23.0. The fraction of sp³-hybridized carbons (Fsp3) is 0.809. The maximum absolute atomic E-state index is 12.7. The molecule has 22 nitrogen and oxygen atoms in total. The summed E-state index contributed by atoms with van der Waals surface area (Å²) >= 11 is 0. The molecule has 20 atom stereocenters. The van der Waals surface area contributed by atoms with E-state index in [-0.39, 0.29) is 63.9 Å². The van der Waals surface area contributed by atoms with E-state index in [1.807, 2.05) is 18.2 Å². The van der Waals surface area contributed by atoms with Crippen molar-refractivity contribution in [1.82, 2.24) is 4.90 Å². The molecule has 22 heteroatoms. The standard InChI is InChI=1S/C21H37NO12.C17H24O4.C8H16O5.CH4/c1-10-16(27)17(28)12(8-23)33-20(10)22(11(2)25)15-19(30)18(29)13(9-24)34-21(15)32-7-5-4-6-14(26)31-3;1-11-12(2)15(21-17(19-4)13(11)3)10-20-16(18)14-8-6-5-7-9-14;1-4-6(10)7(11)5(3-9)13-8(4)12-2;/h10,12-13,15-21,23-24,27-30H,4-9H2,1-3H3;5-9,11-13,15,17H,10H2,1-4H3;4-11H,3H2,1-2H3;1H4. The average Bonchev–Trinajstić information content (AvgIpc) is 3.34. The first-order valence-corrected chi connectivity index (χ1v) is 23.0.